The van der Waals surface area contributed by atoms with Gasteiger partial charge in [0.1, 0.15) is 6.35 Å². The average molecular weight is 471 g/mol. The van der Waals surface area contributed by atoms with E-state index < -0.39 is 31.4 Å². The van der Waals surface area contributed by atoms with Crippen molar-refractivity contribution in [3.63, 3.8) is 0 Å². The molecule has 178 valence electrons. The highest BCUT2D eigenvalue weighted by Gasteiger charge is 2.46. The number of hydrogen-bond acceptors (Lipinski definition) is 11. The summed E-state index contributed by atoms with van der Waals surface area (Å²) < 4.78 is 41.3. The van der Waals surface area contributed by atoms with Gasteiger partial charge in [-0.2, -0.15) is 9.97 Å². The van der Waals surface area contributed by atoms with Gasteiger partial charge >= 0.3 is 13.6 Å². The van der Waals surface area contributed by atoms with Crippen LogP contribution in [0.3, 0.4) is 0 Å². The zero-order valence-electron chi connectivity index (χ0n) is 19.0. The van der Waals surface area contributed by atoms with Crippen molar-refractivity contribution in [1.29, 1.82) is 0 Å². The van der Waals surface area contributed by atoms with Crippen LogP contribution < -0.4 is 10.5 Å². The second-order valence-corrected chi connectivity index (χ2v) is 10.6. The molecule has 2 aromatic heterocycles. The molecule has 1 fully saturated rings. The third kappa shape index (κ3) is 5.74. The van der Waals surface area contributed by atoms with Crippen molar-refractivity contribution in [3.05, 3.63) is 6.33 Å². The highest BCUT2D eigenvalue weighted by Crippen LogP contribution is 2.51. The lowest BCUT2D eigenvalue weighted by atomic mass is 9.98. The molecule has 1 aliphatic carbocycles. The van der Waals surface area contributed by atoms with Gasteiger partial charge in [-0.15, -0.1) is 0 Å². The van der Waals surface area contributed by atoms with Gasteiger partial charge in [0.15, 0.2) is 11.2 Å². The largest absolute Gasteiger partial charge is 0.476 e. The SMILES string of the molecule is CCOc1nc(N)nc2c1ncn2CC1(OCP(=O)(OC)OCOC(=O)C(C)(C)C)CC1. The Bertz CT molecular complexity index is 1020. The van der Waals surface area contributed by atoms with Crippen molar-refractivity contribution in [2.75, 3.05) is 32.6 Å². The molecule has 2 heterocycles. The predicted octanol–water partition coefficient (Wildman–Crippen LogP) is 2.72. The summed E-state index contributed by atoms with van der Waals surface area (Å²) in [4.78, 5) is 24.5. The molecule has 12 nitrogen and oxygen atoms in total. The minimum atomic E-state index is -3.62. The summed E-state index contributed by atoms with van der Waals surface area (Å²) in [5, 5.41) is 0. The number of carbonyl (C=O) groups is 1. The number of nitrogen functional groups attached to an aromatic ring is 1. The van der Waals surface area contributed by atoms with Crippen LogP contribution >= 0.6 is 7.60 Å². The molecule has 1 saturated carbocycles. The lowest BCUT2D eigenvalue weighted by Gasteiger charge is -2.22. The van der Waals surface area contributed by atoms with Crippen LogP contribution in [-0.4, -0.2) is 57.9 Å². The van der Waals surface area contributed by atoms with E-state index in [0.29, 0.717) is 30.2 Å². The van der Waals surface area contributed by atoms with Gasteiger partial charge in [-0.25, -0.2) is 4.98 Å². The number of esters is 1. The molecule has 1 atom stereocenters. The molecule has 0 aliphatic heterocycles. The van der Waals surface area contributed by atoms with E-state index in [2.05, 4.69) is 15.0 Å². The number of rotatable bonds is 11. The van der Waals surface area contributed by atoms with E-state index in [1.165, 1.54) is 7.11 Å². The standard InChI is InChI=1S/C19H30N5O7P/c1-6-28-15-13-14(22-17(20)23-15)24(10-21-13)9-19(7-8-19)30-12-32(26,27-5)31-11-29-16(25)18(2,3)4/h10H,6-9,11-12H2,1-5H3,(H2,20,22,23). The van der Waals surface area contributed by atoms with Gasteiger partial charge in [-0.3, -0.25) is 13.9 Å². The predicted molar refractivity (Wildman–Crippen MR) is 115 cm³/mol. The highest BCUT2D eigenvalue weighted by molar-refractivity contribution is 7.53. The Balaban J connectivity index is 1.63. The van der Waals surface area contributed by atoms with Gasteiger partial charge in [0.2, 0.25) is 18.6 Å². The summed E-state index contributed by atoms with van der Waals surface area (Å²) in [6.45, 7) is 7.31. The molecule has 1 aliphatic rings. The first kappa shape index (κ1) is 24.4. The maximum absolute atomic E-state index is 12.8. The molecule has 32 heavy (non-hydrogen) atoms. The third-order valence-corrected chi connectivity index (χ3v) is 6.36. The van der Waals surface area contributed by atoms with E-state index in [0.717, 1.165) is 12.8 Å². The molecule has 0 saturated heterocycles. The molecule has 0 radical (unpaired) electrons. The molecule has 0 bridgehead atoms. The van der Waals surface area contributed by atoms with Crippen molar-refractivity contribution >= 4 is 30.7 Å². The van der Waals surface area contributed by atoms with E-state index in [1.54, 1.807) is 31.7 Å². The monoisotopic (exact) mass is 471 g/mol. The van der Waals surface area contributed by atoms with Crippen molar-refractivity contribution < 1.29 is 32.6 Å². The van der Waals surface area contributed by atoms with Gasteiger partial charge in [0.25, 0.3) is 0 Å². The van der Waals surface area contributed by atoms with Crippen molar-refractivity contribution in [2.45, 2.75) is 52.7 Å². The number of anilines is 1. The van der Waals surface area contributed by atoms with E-state index >= 15 is 0 Å². The summed E-state index contributed by atoms with van der Waals surface area (Å²) in [5.41, 5.74) is 5.57. The maximum Gasteiger partial charge on any atom is 0.358 e. The lowest BCUT2D eigenvalue weighted by Crippen LogP contribution is -2.25. The number of aromatic nitrogens is 4. The van der Waals surface area contributed by atoms with E-state index in [9.17, 15) is 9.36 Å². The van der Waals surface area contributed by atoms with E-state index in [4.69, 9.17) is 29.0 Å². The van der Waals surface area contributed by atoms with E-state index in [-0.39, 0.29) is 12.3 Å². The minimum absolute atomic E-state index is 0.0792. The Morgan fingerprint density at radius 3 is 2.62 bits per heavy atom. The molecule has 0 aromatic carbocycles. The lowest BCUT2D eigenvalue weighted by molar-refractivity contribution is -0.160. The minimum Gasteiger partial charge on any atom is -0.476 e. The summed E-state index contributed by atoms with van der Waals surface area (Å²) in [5.74, 6) is -0.0726. The average Bonchev–Trinajstić information content (AvgIpc) is 3.38. The maximum atomic E-state index is 12.8. The summed E-state index contributed by atoms with van der Waals surface area (Å²) in [6, 6.07) is 0. The second-order valence-electron chi connectivity index (χ2n) is 8.54. The van der Waals surface area contributed by atoms with Gasteiger partial charge < -0.3 is 29.0 Å². The Hall–Kier alpha value is -2.27. The van der Waals surface area contributed by atoms with Gasteiger partial charge in [-0.05, 0) is 40.5 Å². The Morgan fingerprint density at radius 2 is 2.03 bits per heavy atom. The Kier molecular flexibility index (Phi) is 7.09. The number of ether oxygens (including phenoxy) is 3. The van der Waals surface area contributed by atoms with Crippen LogP contribution in [0.25, 0.3) is 11.2 Å². The van der Waals surface area contributed by atoms with Gasteiger partial charge in [0.05, 0.1) is 30.5 Å². The van der Waals surface area contributed by atoms with Crippen LogP contribution in [0.15, 0.2) is 6.33 Å². The van der Waals surface area contributed by atoms with Crippen molar-refractivity contribution in [2.24, 2.45) is 5.41 Å². The van der Waals surface area contributed by atoms with Gasteiger partial charge in [0, 0.05) is 7.11 Å². The van der Waals surface area contributed by atoms with Crippen LogP contribution in [0.5, 0.6) is 5.88 Å². The third-order valence-electron chi connectivity index (χ3n) is 4.86. The quantitative estimate of drug-likeness (QED) is 0.293. The Morgan fingerprint density at radius 1 is 1.31 bits per heavy atom. The Labute approximate surface area is 186 Å². The molecule has 1 unspecified atom stereocenters. The summed E-state index contributed by atoms with van der Waals surface area (Å²) in [6.07, 6.45) is 2.82. The fourth-order valence-electron chi connectivity index (χ4n) is 2.82. The smallest absolute Gasteiger partial charge is 0.358 e. The van der Waals surface area contributed by atoms with Gasteiger partial charge in [-0.1, -0.05) is 0 Å². The molecule has 0 amide bonds. The molecule has 0 spiro atoms. The van der Waals surface area contributed by atoms with Crippen LogP contribution in [-0.2, 0) is 34.4 Å². The fraction of sp³-hybridized carbons (Fsp3) is 0.684. The molecular weight excluding hydrogens is 441 g/mol. The topological polar surface area (TPSA) is 150 Å². The number of nitrogens with zero attached hydrogens (tertiary/aromatic N) is 4. The van der Waals surface area contributed by atoms with Crippen LogP contribution in [0.2, 0.25) is 0 Å². The first-order valence-corrected chi connectivity index (χ1v) is 12.0. The first-order chi connectivity index (χ1) is 15.0. The number of fused-ring (bicyclic) bond motifs is 1. The number of hydrogen-bond donors (Lipinski definition) is 1. The molecule has 2 N–H and O–H groups in total. The van der Waals surface area contributed by atoms with E-state index in [1.807, 2.05) is 6.92 Å². The fourth-order valence-corrected chi connectivity index (χ4v) is 3.75. The van der Waals surface area contributed by atoms with Crippen molar-refractivity contribution in [1.82, 2.24) is 19.5 Å². The summed E-state index contributed by atoms with van der Waals surface area (Å²) in [7, 11) is -2.36. The molecular formula is C19H30N5O7P. The second kappa shape index (κ2) is 9.30. The van der Waals surface area contributed by atoms with Crippen LogP contribution in [0.1, 0.15) is 40.5 Å². The molecule has 2 aromatic rings. The zero-order chi connectivity index (χ0) is 23.6. The van der Waals surface area contributed by atoms with Crippen LogP contribution in [0, 0.1) is 5.41 Å². The molecule has 3 rings (SSSR count). The zero-order valence-corrected chi connectivity index (χ0v) is 19.9. The first-order valence-electron chi connectivity index (χ1n) is 10.2. The van der Waals surface area contributed by atoms with Crippen LogP contribution in [0.4, 0.5) is 5.95 Å². The number of nitrogens with two attached hydrogens (primary N) is 1. The molecule has 13 heteroatoms. The van der Waals surface area contributed by atoms with Crippen molar-refractivity contribution in [3.8, 4) is 5.88 Å². The normalized spacial score (nSPS) is 17.2. The summed E-state index contributed by atoms with van der Waals surface area (Å²) >= 11 is 0. The number of carbonyl (C=O) groups excluding carboxylic acids is 1. The highest BCUT2D eigenvalue weighted by atomic mass is 31.2. The number of imidazole rings is 1.